The van der Waals surface area contributed by atoms with Gasteiger partial charge in [-0.25, -0.2) is 9.42 Å². The second-order valence-corrected chi connectivity index (χ2v) is 5.80. The number of urea groups is 1. The van der Waals surface area contributed by atoms with Crippen LogP contribution in [0.2, 0.25) is 0 Å². The van der Waals surface area contributed by atoms with Gasteiger partial charge in [-0.1, -0.05) is 40.1 Å². The van der Waals surface area contributed by atoms with E-state index >= 15 is 0 Å². The molecular formula is C16H20N4O2. The van der Waals surface area contributed by atoms with Crippen molar-refractivity contribution in [2.45, 2.75) is 32.7 Å². The first-order valence-electron chi connectivity index (χ1n) is 7.51. The summed E-state index contributed by atoms with van der Waals surface area (Å²) in [6.45, 7) is 5.78. The topological polar surface area (TPSA) is 71.3 Å². The fraction of sp³-hybridized carbons (Fsp3) is 0.438. The van der Waals surface area contributed by atoms with Gasteiger partial charge in [-0.2, -0.15) is 0 Å². The first kappa shape index (κ1) is 14.6. The van der Waals surface area contributed by atoms with Crippen LogP contribution in [0.4, 0.5) is 4.79 Å². The van der Waals surface area contributed by atoms with Gasteiger partial charge in [-0.15, -0.1) is 0 Å². The number of carbonyl (C=O) groups is 1. The Morgan fingerprint density at radius 3 is 3.00 bits per heavy atom. The van der Waals surface area contributed by atoms with Gasteiger partial charge in [0.1, 0.15) is 11.4 Å². The molecule has 2 aromatic rings. The van der Waals surface area contributed by atoms with E-state index in [-0.39, 0.29) is 6.03 Å². The van der Waals surface area contributed by atoms with Gasteiger partial charge < -0.3 is 10.2 Å². The number of hydrogen-bond donors (Lipinski definition) is 1. The molecule has 1 aliphatic rings. The highest BCUT2D eigenvalue weighted by molar-refractivity contribution is 5.74. The molecule has 1 N–H and O–H groups in total. The molecule has 2 heterocycles. The van der Waals surface area contributed by atoms with Crippen molar-refractivity contribution in [1.82, 2.24) is 20.5 Å². The number of nitrogens with one attached hydrogen (secondary N) is 1. The lowest BCUT2D eigenvalue weighted by atomic mass is 9.97. The molecule has 0 saturated carbocycles. The molecule has 3 rings (SSSR count). The molecule has 22 heavy (non-hydrogen) atoms. The summed E-state index contributed by atoms with van der Waals surface area (Å²) in [5.74, 6) is 0.418. The largest absolute Gasteiger partial charge is 0.332 e. The molecule has 116 valence electrons. The summed E-state index contributed by atoms with van der Waals surface area (Å²) in [5, 5.41) is 10.3. The van der Waals surface area contributed by atoms with Crippen LogP contribution < -0.4 is 5.32 Å². The van der Waals surface area contributed by atoms with Crippen LogP contribution in [-0.2, 0) is 6.54 Å². The molecule has 0 radical (unpaired) electrons. The van der Waals surface area contributed by atoms with E-state index < -0.39 is 0 Å². The Morgan fingerprint density at radius 1 is 1.41 bits per heavy atom. The summed E-state index contributed by atoms with van der Waals surface area (Å²) in [4.78, 5) is 14.1. The van der Waals surface area contributed by atoms with E-state index in [0.29, 0.717) is 23.9 Å². The van der Waals surface area contributed by atoms with E-state index in [9.17, 15) is 4.79 Å². The van der Waals surface area contributed by atoms with Crippen molar-refractivity contribution in [2.24, 2.45) is 0 Å². The quantitative estimate of drug-likeness (QED) is 0.944. The number of aromatic nitrogens is 2. The van der Waals surface area contributed by atoms with Crippen LogP contribution in [0.1, 0.15) is 34.9 Å². The molecule has 1 aliphatic heterocycles. The van der Waals surface area contributed by atoms with E-state index in [1.165, 1.54) is 11.1 Å². The number of nitrogens with zero attached hydrogens (tertiary/aromatic N) is 3. The van der Waals surface area contributed by atoms with Gasteiger partial charge >= 0.3 is 6.03 Å². The summed E-state index contributed by atoms with van der Waals surface area (Å²) >= 11 is 0. The average Bonchev–Trinajstić information content (AvgIpc) is 3.14. The van der Waals surface area contributed by atoms with Crippen molar-refractivity contribution in [3.63, 3.8) is 0 Å². The molecule has 6 nitrogen and oxygen atoms in total. The van der Waals surface area contributed by atoms with Gasteiger partial charge in [0, 0.05) is 19.0 Å². The normalized spacial score (nSPS) is 17.7. The summed E-state index contributed by atoms with van der Waals surface area (Å²) in [7, 11) is 0. The van der Waals surface area contributed by atoms with Gasteiger partial charge in [0.15, 0.2) is 0 Å². The summed E-state index contributed by atoms with van der Waals surface area (Å²) in [5.41, 5.74) is 3.95. The van der Waals surface area contributed by atoms with Crippen molar-refractivity contribution in [2.75, 3.05) is 13.1 Å². The Hall–Kier alpha value is -2.37. The van der Waals surface area contributed by atoms with Crippen LogP contribution in [0.5, 0.6) is 0 Å². The van der Waals surface area contributed by atoms with Crippen LogP contribution in [0, 0.1) is 13.8 Å². The Kier molecular flexibility index (Phi) is 4.09. The van der Waals surface area contributed by atoms with Crippen molar-refractivity contribution < 1.29 is 9.42 Å². The minimum Gasteiger partial charge on any atom is -0.332 e. The highest BCUT2D eigenvalue weighted by Crippen LogP contribution is 2.27. The zero-order valence-electron chi connectivity index (χ0n) is 12.9. The Bertz CT molecular complexity index is 668. The summed E-state index contributed by atoms with van der Waals surface area (Å²) in [6, 6.07) is 8.46. The third-order valence-electron chi connectivity index (χ3n) is 4.14. The smallest absolute Gasteiger partial charge is 0.317 e. The predicted octanol–water partition coefficient (Wildman–Crippen LogP) is 2.39. The highest BCUT2D eigenvalue weighted by atomic mass is 16.6. The molecule has 2 amide bonds. The van der Waals surface area contributed by atoms with Crippen LogP contribution in [0.15, 0.2) is 28.9 Å². The first-order valence-corrected chi connectivity index (χ1v) is 7.51. The fourth-order valence-corrected chi connectivity index (χ4v) is 2.82. The number of amides is 2. The molecule has 6 heteroatoms. The van der Waals surface area contributed by atoms with Gasteiger partial charge in [-0.3, -0.25) is 0 Å². The predicted molar refractivity (Wildman–Crippen MR) is 81.4 cm³/mol. The van der Waals surface area contributed by atoms with Gasteiger partial charge in [0.2, 0.25) is 0 Å². The van der Waals surface area contributed by atoms with Crippen LogP contribution in [0.3, 0.4) is 0 Å². The molecule has 0 aliphatic carbocycles. The minimum atomic E-state index is -0.0578. The average molecular weight is 300 g/mol. The lowest BCUT2D eigenvalue weighted by Gasteiger charge is -2.17. The van der Waals surface area contributed by atoms with E-state index in [1.807, 2.05) is 11.8 Å². The molecule has 1 aromatic carbocycles. The number of benzene rings is 1. The van der Waals surface area contributed by atoms with Gasteiger partial charge in [0.05, 0.1) is 6.54 Å². The van der Waals surface area contributed by atoms with Crippen molar-refractivity contribution in [3.8, 4) is 0 Å². The number of rotatable bonds is 3. The van der Waals surface area contributed by atoms with Crippen LogP contribution >= 0.6 is 0 Å². The van der Waals surface area contributed by atoms with Crippen LogP contribution in [-0.4, -0.2) is 34.3 Å². The first-order chi connectivity index (χ1) is 10.6. The maximum absolute atomic E-state index is 12.2. The van der Waals surface area contributed by atoms with Crippen molar-refractivity contribution in [3.05, 3.63) is 46.8 Å². The molecule has 1 aromatic heterocycles. The number of hydrogen-bond acceptors (Lipinski definition) is 4. The van der Waals surface area contributed by atoms with Gasteiger partial charge in [0.25, 0.3) is 0 Å². The fourth-order valence-electron chi connectivity index (χ4n) is 2.82. The third kappa shape index (κ3) is 3.10. The molecular weight excluding hydrogens is 280 g/mol. The molecule has 0 bridgehead atoms. The van der Waals surface area contributed by atoms with E-state index in [1.54, 1.807) is 0 Å². The monoisotopic (exact) mass is 300 g/mol. The maximum atomic E-state index is 12.2. The molecule has 1 fully saturated rings. The zero-order chi connectivity index (χ0) is 15.5. The van der Waals surface area contributed by atoms with Crippen LogP contribution in [0.25, 0.3) is 0 Å². The van der Waals surface area contributed by atoms with Gasteiger partial charge in [-0.05, 0) is 25.8 Å². The number of carbonyl (C=O) groups excluding carboxylic acids is 1. The van der Waals surface area contributed by atoms with Crippen molar-refractivity contribution >= 4 is 6.03 Å². The Morgan fingerprint density at radius 2 is 2.27 bits per heavy atom. The standard InChI is InChI=1S/C16H20N4O2/c1-11-4-3-5-13(8-11)14-6-7-20(10-14)16(21)17-9-15-12(2)18-22-19-15/h3-5,8,14H,6-7,9-10H2,1-2H3,(H,17,21). The molecule has 1 saturated heterocycles. The molecule has 0 spiro atoms. The van der Waals surface area contributed by atoms with E-state index in [4.69, 9.17) is 0 Å². The Balaban J connectivity index is 1.56. The lowest BCUT2D eigenvalue weighted by molar-refractivity contribution is 0.207. The molecule has 1 atom stereocenters. The third-order valence-corrected chi connectivity index (χ3v) is 4.14. The zero-order valence-corrected chi connectivity index (χ0v) is 12.9. The maximum Gasteiger partial charge on any atom is 0.317 e. The number of aryl methyl sites for hydroxylation is 2. The number of likely N-dealkylation sites (tertiary alicyclic amines) is 1. The summed E-state index contributed by atoms with van der Waals surface area (Å²) in [6.07, 6.45) is 1.00. The summed E-state index contributed by atoms with van der Waals surface area (Å²) < 4.78 is 4.62. The molecule has 1 unspecified atom stereocenters. The Labute approximate surface area is 129 Å². The second kappa shape index (κ2) is 6.17. The lowest BCUT2D eigenvalue weighted by Crippen LogP contribution is -2.38. The van der Waals surface area contributed by atoms with E-state index in [2.05, 4.69) is 51.4 Å². The van der Waals surface area contributed by atoms with Crippen molar-refractivity contribution in [1.29, 1.82) is 0 Å². The highest BCUT2D eigenvalue weighted by Gasteiger charge is 2.27. The SMILES string of the molecule is Cc1cccc(C2CCN(C(=O)NCc3nonc3C)C2)c1. The van der Waals surface area contributed by atoms with E-state index in [0.717, 1.165) is 19.5 Å². The second-order valence-electron chi connectivity index (χ2n) is 5.80. The minimum absolute atomic E-state index is 0.0578.